The molecule has 4 N–H and O–H groups in total. The van der Waals surface area contributed by atoms with E-state index < -0.39 is 0 Å². The van der Waals surface area contributed by atoms with Crippen LogP contribution in [0.2, 0.25) is 0 Å². The third kappa shape index (κ3) is 4.45. The second-order valence-corrected chi connectivity index (χ2v) is 3.10. The monoisotopic (exact) mass is 220 g/mol. The molecule has 0 unspecified atom stereocenters. The summed E-state index contributed by atoms with van der Waals surface area (Å²) in [7, 11) is 0. The molecule has 0 aliphatic heterocycles. The van der Waals surface area contributed by atoms with Crippen molar-refractivity contribution in [1.29, 1.82) is 0 Å². The lowest BCUT2D eigenvalue weighted by Crippen LogP contribution is -2.21. The van der Waals surface area contributed by atoms with Crippen molar-refractivity contribution >= 4 is 17.7 Å². The number of para-hydroxylation sites is 1. The van der Waals surface area contributed by atoms with E-state index in [4.69, 9.17) is 16.2 Å². The standard InChI is InChI=1S/C11H16N4O/c1-2-8-16-11(13)15-10(12)14-9-6-4-3-5-7-9/h3-7H,2,8H2,1H3,(H4,12,13,14,15). The largest absolute Gasteiger partial charge is 0.465 e. The number of nitrogens with zero attached hydrogens (tertiary/aromatic N) is 2. The SMILES string of the molecule is CCCO/C(N)=N/C(N)=Nc1ccccc1. The molecule has 0 aliphatic rings. The number of aliphatic imine (C=N–C) groups is 2. The van der Waals surface area contributed by atoms with Gasteiger partial charge in [0.15, 0.2) is 0 Å². The normalized spacial score (nSPS) is 12.6. The van der Waals surface area contributed by atoms with E-state index in [1.807, 2.05) is 37.3 Å². The minimum absolute atomic E-state index is 0.0408. The van der Waals surface area contributed by atoms with E-state index in [0.717, 1.165) is 12.1 Å². The summed E-state index contributed by atoms with van der Waals surface area (Å²) in [5, 5.41) is 0. The fourth-order valence-electron chi connectivity index (χ4n) is 1.01. The fraction of sp³-hybridized carbons (Fsp3) is 0.273. The average Bonchev–Trinajstić information content (AvgIpc) is 2.27. The zero-order chi connectivity index (χ0) is 11.8. The van der Waals surface area contributed by atoms with Crippen LogP contribution in [0, 0.1) is 0 Å². The van der Waals surface area contributed by atoms with Gasteiger partial charge in [-0.25, -0.2) is 4.99 Å². The van der Waals surface area contributed by atoms with Gasteiger partial charge in [-0.1, -0.05) is 25.1 Å². The number of rotatable bonds is 3. The molecule has 0 heterocycles. The molecule has 1 rings (SSSR count). The van der Waals surface area contributed by atoms with E-state index in [0.29, 0.717) is 6.61 Å². The van der Waals surface area contributed by atoms with Crippen LogP contribution in [0.3, 0.4) is 0 Å². The molecule has 0 saturated carbocycles. The van der Waals surface area contributed by atoms with Crippen molar-refractivity contribution in [2.45, 2.75) is 13.3 Å². The van der Waals surface area contributed by atoms with Crippen LogP contribution in [0.1, 0.15) is 13.3 Å². The predicted molar refractivity (Wildman–Crippen MR) is 65.6 cm³/mol. The number of ether oxygens (including phenoxy) is 1. The molecule has 0 amide bonds. The smallest absolute Gasteiger partial charge is 0.289 e. The van der Waals surface area contributed by atoms with Gasteiger partial charge in [0.2, 0.25) is 5.96 Å². The molecule has 16 heavy (non-hydrogen) atoms. The number of amidine groups is 1. The van der Waals surface area contributed by atoms with E-state index in [-0.39, 0.29) is 12.0 Å². The van der Waals surface area contributed by atoms with Crippen LogP contribution >= 0.6 is 0 Å². The summed E-state index contributed by atoms with van der Waals surface area (Å²) in [4.78, 5) is 7.86. The fourth-order valence-corrected chi connectivity index (χ4v) is 1.01. The average molecular weight is 220 g/mol. The third-order valence-corrected chi connectivity index (χ3v) is 1.68. The van der Waals surface area contributed by atoms with Crippen LogP contribution in [-0.4, -0.2) is 18.6 Å². The highest BCUT2D eigenvalue weighted by molar-refractivity contribution is 5.92. The predicted octanol–water partition coefficient (Wildman–Crippen LogP) is 1.37. The summed E-state index contributed by atoms with van der Waals surface area (Å²) < 4.78 is 5.07. The van der Waals surface area contributed by atoms with Gasteiger partial charge in [0.05, 0.1) is 12.3 Å². The summed E-state index contributed by atoms with van der Waals surface area (Å²) in [6.07, 6.45) is 0.867. The Labute approximate surface area is 94.8 Å². The molecular formula is C11H16N4O. The number of hydrogen-bond acceptors (Lipinski definition) is 2. The maximum absolute atomic E-state index is 5.58. The molecule has 1 aromatic rings. The molecule has 0 saturated heterocycles. The van der Waals surface area contributed by atoms with Crippen LogP contribution in [0.15, 0.2) is 40.3 Å². The van der Waals surface area contributed by atoms with Crippen LogP contribution < -0.4 is 11.5 Å². The minimum Gasteiger partial charge on any atom is -0.465 e. The molecule has 5 nitrogen and oxygen atoms in total. The van der Waals surface area contributed by atoms with Gasteiger partial charge in [-0.05, 0) is 18.6 Å². The van der Waals surface area contributed by atoms with Crippen molar-refractivity contribution in [3.63, 3.8) is 0 Å². The Bertz CT molecular complexity index is 373. The first-order valence-electron chi connectivity index (χ1n) is 5.08. The number of hydrogen-bond donors (Lipinski definition) is 2. The summed E-state index contributed by atoms with van der Waals surface area (Å²) in [6, 6.07) is 9.33. The first-order valence-corrected chi connectivity index (χ1v) is 5.08. The van der Waals surface area contributed by atoms with E-state index in [2.05, 4.69) is 9.98 Å². The highest BCUT2D eigenvalue weighted by Crippen LogP contribution is 2.09. The highest BCUT2D eigenvalue weighted by atomic mass is 16.5. The van der Waals surface area contributed by atoms with Gasteiger partial charge in [-0.2, -0.15) is 4.99 Å². The lowest BCUT2D eigenvalue weighted by molar-refractivity contribution is 0.300. The summed E-state index contributed by atoms with van der Waals surface area (Å²) >= 11 is 0. The van der Waals surface area contributed by atoms with E-state index in [1.165, 1.54) is 0 Å². The molecule has 0 fully saturated rings. The molecular weight excluding hydrogens is 204 g/mol. The maximum Gasteiger partial charge on any atom is 0.289 e. The van der Waals surface area contributed by atoms with Gasteiger partial charge in [0.25, 0.3) is 6.02 Å². The summed E-state index contributed by atoms with van der Waals surface area (Å²) in [5.41, 5.74) is 11.8. The van der Waals surface area contributed by atoms with Crippen molar-refractivity contribution in [1.82, 2.24) is 0 Å². The Morgan fingerprint density at radius 1 is 1.25 bits per heavy atom. The van der Waals surface area contributed by atoms with Gasteiger partial charge in [-0.3, -0.25) is 0 Å². The second-order valence-electron chi connectivity index (χ2n) is 3.10. The number of benzene rings is 1. The van der Waals surface area contributed by atoms with Crippen molar-refractivity contribution in [2.75, 3.05) is 6.61 Å². The lowest BCUT2D eigenvalue weighted by atomic mass is 10.3. The molecule has 1 aromatic carbocycles. The topological polar surface area (TPSA) is 86.0 Å². The van der Waals surface area contributed by atoms with Crippen molar-refractivity contribution in [2.24, 2.45) is 21.5 Å². The van der Waals surface area contributed by atoms with E-state index in [1.54, 1.807) is 0 Å². The van der Waals surface area contributed by atoms with Crippen LogP contribution in [0.5, 0.6) is 0 Å². The van der Waals surface area contributed by atoms with Gasteiger partial charge in [0, 0.05) is 0 Å². The Morgan fingerprint density at radius 2 is 1.94 bits per heavy atom. The molecule has 0 aromatic heterocycles. The van der Waals surface area contributed by atoms with Gasteiger partial charge >= 0.3 is 0 Å². The quantitative estimate of drug-likeness (QED) is 0.596. The zero-order valence-corrected chi connectivity index (χ0v) is 9.26. The molecule has 86 valence electrons. The Hall–Kier alpha value is -2.04. The molecule has 5 heteroatoms. The first kappa shape index (κ1) is 12.0. The molecule has 0 atom stereocenters. The molecule has 0 aliphatic carbocycles. The lowest BCUT2D eigenvalue weighted by Gasteiger charge is -2.01. The third-order valence-electron chi connectivity index (χ3n) is 1.68. The summed E-state index contributed by atoms with van der Waals surface area (Å²) in [6.45, 7) is 2.50. The van der Waals surface area contributed by atoms with Crippen LogP contribution in [-0.2, 0) is 4.74 Å². The summed E-state index contributed by atoms with van der Waals surface area (Å²) in [5.74, 6) is 0.0832. The molecule has 0 radical (unpaired) electrons. The van der Waals surface area contributed by atoms with Gasteiger partial charge in [0.1, 0.15) is 0 Å². The van der Waals surface area contributed by atoms with Crippen LogP contribution in [0.4, 0.5) is 5.69 Å². The number of nitrogens with two attached hydrogens (primary N) is 2. The molecule has 0 spiro atoms. The number of guanidine groups is 1. The van der Waals surface area contributed by atoms with Crippen LogP contribution in [0.25, 0.3) is 0 Å². The Kier molecular flexibility index (Phi) is 4.85. The second kappa shape index (κ2) is 6.44. The minimum atomic E-state index is 0.0408. The Morgan fingerprint density at radius 3 is 2.56 bits per heavy atom. The van der Waals surface area contributed by atoms with Crippen molar-refractivity contribution < 1.29 is 4.74 Å². The molecule has 0 bridgehead atoms. The van der Waals surface area contributed by atoms with Crippen molar-refractivity contribution in [3.05, 3.63) is 30.3 Å². The highest BCUT2D eigenvalue weighted by Gasteiger charge is 1.95. The van der Waals surface area contributed by atoms with E-state index >= 15 is 0 Å². The maximum atomic E-state index is 5.58. The van der Waals surface area contributed by atoms with Crippen molar-refractivity contribution in [3.8, 4) is 0 Å². The van der Waals surface area contributed by atoms with Gasteiger partial charge < -0.3 is 16.2 Å². The first-order chi connectivity index (χ1) is 7.72. The van der Waals surface area contributed by atoms with E-state index in [9.17, 15) is 0 Å². The zero-order valence-electron chi connectivity index (χ0n) is 9.26. The van der Waals surface area contributed by atoms with Gasteiger partial charge in [-0.15, -0.1) is 0 Å². The Balaban J connectivity index is 2.64.